The lowest BCUT2D eigenvalue weighted by Gasteiger charge is -2.19. The van der Waals surface area contributed by atoms with Crippen LogP contribution in [0.3, 0.4) is 0 Å². The molecule has 2 amide bonds. The van der Waals surface area contributed by atoms with Gasteiger partial charge >= 0.3 is 0 Å². The quantitative estimate of drug-likeness (QED) is 0.505. The minimum Gasteiger partial charge on any atom is -0.455 e. The van der Waals surface area contributed by atoms with Crippen molar-refractivity contribution in [2.45, 2.75) is 41.3 Å². The van der Waals surface area contributed by atoms with Gasteiger partial charge in [0.1, 0.15) is 5.76 Å². The smallest absolute Gasteiger partial charge is 0.291 e. The Morgan fingerprint density at radius 2 is 1.86 bits per heavy atom. The summed E-state index contributed by atoms with van der Waals surface area (Å²) in [6.45, 7) is 7.09. The first-order chi connectivity index (χ1) is 17.3. The number of rotatable bonds is 8. The second-order valence-electron chi connectivity index (χ2n) is 9.42. The van der Waals surface area contributed by atoms with Gasteiger partial charge in [-0.2, -0.15) is 4.31 Å². The summed E-state index contributed by atoms with van der Waals surface area (Å²) >= 11 is 1.61. The lowest BCUT2D eigenvalue weighted by Crippen LogP contribution is -2.33. The summed E-state index contributed by atoms with van der Waals surface area (Å²) in [7, 11) is -3.65. The SMILES string of the molecule is C=CC(=O)NC1CC2CN(S(=O)(=O)c3ccc(NC(=O)c4ccc(CN5CCCC5)o4)cc3)CC2S1. The van der Waals surface area contributed by atoms with Crippen molar-refractivity contribution in [1.82, 2.24) is 14.5 Å². The van der Waals surface area contributed by atoms with Crippen LogP contribution < -0.4 is 10.6 Å². The Morgan fingerprint density at radius 1 is 1.11 bits per heavy atom. The first-order valence-corrected chi connectivity index (χ1v) is 14.5. The van der Waals surface area contributed by atoms with E-state index in [1.54, 1.807) is 30.0 Å². The highest BCUT2D eigenvalue weighted by atomic mass is 32.2. The molecule has 1 aromatic heterocycles. The predicted molar refractivity (Wildman–Crippen MR) is 138 cm³/mol. The van der Waals surface area contributed by atoms with Crippen molar-refractivity contribution >= 4 is 39.3 Å². The average Bonchev–Trinajstić information content (AvgIpc) is 3.65. The van der Waals surface area contributed by atoms with Gasteiger partial charge in [0, 0.05) is 24.0 Å². The van der Waals surface area contributed by atoms with Gasteiger partial charge in [-0.05, 0) is 80.7 Å². The molecule has 3 aliphatic rings. The standard InChI is InChI=1S/C25H30N4O5S2/c1-2-23(30)27-24-13-17-14-29(16-22(17)35-24)36(32,33)20-8-5-18(6-9-20)26-25(31)21-10-7-19(34-21)15-28-11-3-4-12-28/h2,5-10,17,22,24H,1,3-4,11-16H2,(H,26,31)(H,27,30). The molecule has 0 bridgehead atoms. The minimum absolute atomic E-state index is 0.0105. The molecule has 0 aliphatic carbocycles. The van der Waals surface area contributed by atoms with Crippen molar-refractivity contribution in [2.75, 3.05) is 31.5 Å². The highest BCUT2D eigenvalue weighted by molar-refractivity contribution is 8.00. The zero-order valence-electron chi connectivity index (χ0n) is 19.9. The summed E-state index contributed by atoms with van der Waals surface area (Å²) in [6, 6.07) is 9.69. The van der Waals surface area contributed by atoms with E-state index in [1.807, 2.05) is 6.07 Å². The van der Waals surface area contributed by atoms with Gasteiger partial charge in [-0.1, -0.05) is 6.58 Å². The number of sulfonamides is 1. The molecule has 4 heterocycles. The second kappa shape index (κ2) is 10.4. The molecule has 9 nitrogen and oxygen atoms in total. The normalized spacial score (nSPS) is 24.5. The molecular formula is C25H30N4O5S2. The van der Waals surface area contributed by atoms with Gasteiger partial charge in [0.25, 0.3) is 5.91 Å². The fourth-order valence-corrected chi connectivity index (χ4v) is 8.30. The first kappa shape index (κ1) is 25.1. The van der Waals surface area contributed by atoms with E-state index >= 15 is 0 Å². The lowest BCUT2D eigenvalue weighted by atomic mass is 10.1. The number of carbonyl (C=O) groups is 2. The van der Waals surface area contributed by atoms with Crippen LogP contribution in [0.2, 0.25) is 0 Å². The number of carbonyl (C=O) groups excluding carboxylic acids is 2. The van der Waals surface area contributed by atoms with Crippen molar-refractivity contribution < 1.29 is 22.4 Å². The molecular weight excluding hydrogens is 500 g/mol. The summed E-state index contributed by atoms with van der Waals surface area (Å²) in [5, 5.41) is 5.80. The van der Waals surface area contributed by atoms with Crippen LogP contribution in [-0.4, -0.2) is 66.2 Å². The average molecular weight is 531 g/mol. The molecule has 2 N–H and O–H groups in total. The van der Waals surface area contributed by atoms with Crippen molar-refractivity contribution in [3.05, 3.63) is 60.6 Å². The van der Waals surface area contributed by atoms with Gasteiger partial charge in [-0.25, -0.2) is 8.42 Å². The number of hydrogen-bond donors (Lipinski definition) is 2. The molecule has 2 aromatic rings. The Bertz CT molecular complexity index is 1220. The zero-order chi connectivity index (χ0) is 25.3. The summed E-state index contributed by atoms with van der Waals surface area (Å²) in [6.07, 6.45) is 4.36. The molecule has 5 rings (SSSR count). The molecule has 192 valence electrons. The summed E-state index contributed by atoms with van der Waals surface area (Å²) in [5.74, 6) is 0.595. The number of anilines is 1. The number of likely N-dealkylation sites (tertiary alicyclic amines) is 1. The Kier molecular flexibility index (Phi) is 7.25. The highest BCUT2D eigenvalue weighted by Crippen LogP contribution is 2.43. The number of nitrogens with zero attached hydrogens (tertiary/aromatic N) is 2. The molecule has 3 atom stereocenters. The van der Waals surface area contributed by atoms with Gasteiger partial charge in [0.05, 0.1) is 16.8 Å². The molecule has 11 heteroatoms. The number of fused-ring (bicyclic) bond motifs is 1. The van der Waals surface area contributed by atoms with E-state index in [-0.39, 0.29) is 39.0 Å². The fourth-order valence-electron chi connectivity index (χ4n) is 5.03. The summed E-state index contributed by atoms with van der Waals surface area (Å²) < 4.78 is 33.6. The van der Waals surface area contributed by atoms with Crippen LogP contribution in [0.5, 0.6) is 0 Å². The lowest BCUT2D eigenvalue weighted by molar-refractivity contribution is -0.116. The van der Waals surface area contributed by atoms with E-state index in [2.05, 4.69) is 22.1 Å². The second-order valence-corrected chi connectivity index (χ2v) is 12.8. The highest BCUT2D eigenvalue weighted by Gasteiger charge is 2.45. The van der Waals surface area contributed by atoms with E-state index in [1.165, 1.54) is 35.4 Å². The Labute approximate surface area is 215 Å². The molecule has 0 saturated carbocycles. The predicted octanol–water partition coefficient (Wildman–Crippen LogP) is 2.88. The van der Waals surface area contributed by atoms with Gasteiger partial charge < -0.3 is 15.1 Å². The number of benzene rings is 1. The number of furan rings is 1. The van der Waals surface area contributed by atoms with E-state index in [0.29, 0.717) is 25.3 Å². The summed E-state index contributed by atoms with van der Waals surface area (Å²) in [5.41, 5.74) is 0.492. The van der Waals surface area contributed by atoms with Crippen LogP contribution in [-0.2, 0) is 21.4 Å². The number of thioether (sulfide) groups is 1. The molecule has 3 unspecified atom stereocenters. The Morgan fingerprint density at radius 3 is 2.56 bits per heavy atom. The van der Waals surface area contributed by atoms with Gasteiger partial charge in [-0.15, -0.1) is 11.8 Å². The summed E-state index contributed by atoms with van der Waals surface area (Å²) in [4.78, 5) is 26.6. The monoisotopic (exact) mass is 530 g/mol. The number of hydrogen-bond acceptors (Lipinski definition) is 7. The maximum atomic E-state index is 13.2. The maximum Gasteiger partial charge on any atom is 0.291 e. The van der Waals surface area contributed by atoms with Gasteiger partial charge in [0.15, 0.2) is 5.76 Å². The van der Waals surface area contributed by atoms with Crippen molar-refractivity contribution in [3.8, 4) is 0 Å². The van der Waals surface area contributed by atoms with Crippen LogP contribution >= 0.6 is 11.8 Å². The molecule has 3 aliphatic heterocycles. The third-order valence-corrected chi connectivity index (χ3v) is 10.3. The van der Waals surface area contributed by atoms with Gasteiger partial charge in [-0.3, -0.25) is 14.5 Å². The van der Waals surface area contributed by atoms with Gasteiger partial charge in [0.2, 0.25) is 15.9 Å². The first-order valence-electron chi connectivity index (χ1n) is 12.1. The van der Waals surface area contributed by atoms with E-state index < -0.39 is 10.0 Å². The fraction of sp³-hybridized carbons (Fsp3) is 0.440. The molecule has 3 fully saturated rings. The van der Waals surface area contributed by atoms with E-state index in [0.717, 1.165) is 25.3 Å². The van der Waals surface area contributed by atoms with Crippen LogP contribution in [0.15, 0.2) is 58.4 Å². The van der Waals surface area contributed by atoms with Crippen LogP contribution in [0.25, 0.3) is 0 Å². The molecule has 0 spiro atoms. The van der Waals surface area contributed by atoms with Crippen LogP contribution in [0.4, 0.5) is 5.69 Å². The zero-order valence-corrected chi connectivity index (χ0v) is 21.5. The molecule has 0 radical (unpaired) electrons. The number of amides is 2. The largest absolute Gasteiger partial charge is 0.455 e. The van der Waals surface area contributed by atoms with Crippen LogP contribution in [0, 0.1) is 5.92 Å². The van der Waals surface area contributed by atoms with Crippen molar-refractivity contribution in [3.63, 3.8) is 0 Å². The third kappa shape index (κ3) is 5.39. The molecule has 36 heavy (non-hydrogen) atoms. The Balaban J connectivity index is 1.16. The maximum absolute atomic E-state index is 13.2. The molecule has 1 aromatic carbocycles. The molecule has 3 saturated heterocycles. The van der Waals surface area contributed by atoms with Crippen molar-refractivity contribution in [1.29, 1.82) is 0 Å². The number of nitrogens with one attached hydrogen (secondary N) is 2. The van der Waals surface area contributed by atoms with Crippen molar-refractivity contribution in [2.24, 2.45) is 5.92 Å². The van der Waals surface area contributed by atoms with Crippen LogP contribution in [0.1, 0.15) is 35.6 Å². The van der Waals surface area contributed by atoms with E-state index in [4.69, 9.17) is 4.42 Å². The van der Waals surface area contributed by atoms with E-state index in [9.17, 15) is 18.0 Å². The Hall–Kier alpha value is -2.60. The third-order valence-electron chi connectivity index (χ3n) is 6.91. The topological polar surface area (TPSA) is 112 Å². The minimum atomic E-state index is -3.65.